The fraction of sp³-hybridized carbons (Fsp3) is 0.483. The fourth-order valence-corrected chi connectivity index (χ4v) is 5.55. The van der Waals surface area contributed by atoms with Crippen LogP contribution in [0.5, 0.6) is 0 Å². The third kappa shape index (κ3) is 6.19. The minimum Gasteiger partial charge on any atom is -0.340 e. The Morgan fingerprint density at radius 3 is 2.33 bits per heavy atom. The van der Waals surface area contributed by atoms with Gasteiger partial charge in [0.25, 0.3) is 0 Å². The van der Waals surface area contributed by atoms with E-state index < -0.39 is 29.0 Å². The van der Waals surface area contributed by atoms with Crippen LogP contribution in [0.2, 0.25) is 5.02 Å². The molecule has 0 aliphatic carbocycles. The number of likely N-dealkylation sites (tertiary alicyclic amines) is 2. The topological polar surface area (TPSA) is 73.0 Å². The van der Waals surface area contributed by atoms with E-state index in [0.29, 0.717) is 31.1 Å². The van der Waals surface area contributed by atoms with Crippen LogP contribution in [0.15, 0.2) is 42.5 Å². The van der Waals surface area contributed by atoms with E-state index in [-0.39, 0.29) is 42.5 Å². The van der Waals surface area contributed by atoms with Crippen LogP contribution in [-0.2, 0) is 9.59 Å². The first kappa shape index (κ1) is 28.8. The minimum atomic E-state index is -0.825. The Hall–Kier alpha value is -3.20. The maximum Gasteiger partial charge on any atom is 0.317 e. The Morgan fingerprint density at radius 1 is 1.03 bits per heavy atom. The summed E-state index contributed by atoms with van der Waals surface area (Å²) < 4.78 is 28.5. The number of anilines is 1. The summed E-state index contributed by atoms with van der Waals surface area (Å²) in [6.07, 6.45) is 0.447. The van der Waals surface area contributed by atoms with E-state index in [4.69, 9.17) is 11.6 Å². The summed E-state index contributed by atoms with van der Waals surface area (Å²) in [6.45, 7) is 8.78. The molecule has 0 aromatic heterocycles. The average Bonchev–Trinajstić information content (AvgIpc) is 3.53. The summed E-state index contributed by atoms with van der Waals surface area (Å²) in [7, 11) is 0. The zero-order valence-corrected chi connectivity index (χ0v) is 23.5. The molecule has 39 heavy (non-hydrogen) atoms. The van der Waals surface area contributed by atoms with Crippen molar-refractivity contribution in [2.75, 3.05) is 37.6 Å². The Balaban J connectivity index is 1.59. The zero-order valence-electron chi connectivity index (χ0n) is 22.7. The number of nitrogens with one attached hydrogen (secondary N) is 1. The lowest BCUT2D eigenvalue weighted by molar-refractivity contribution is -0.134. The molecule has 2 heterocycles. The molecule has 0 bridgehead atoms. The summed E-state index contributed by atoms with van der Waals surface area (Å²) >= 11 is 6.09. The zero-order chi connectivity index (χ0) is 28.5. The van der Waals surface area contributed by atoms with E-state index in [0.717, 1.165) is 17.7 Å². The van der Waals surface area contributed by atoms with Crippen LogP contribution in [0.3, 0.4) is 0 Å². The molecule has 2 fully saturated rings. The van der Waals surface area contributed by atoms with Crippen molar-refractivity contribution in [1.29, 1.82) is 0 Å². The average molecular weight is 561 g/mol. The van der Waals surface area contributed by atoms with Crippen molar-refractivity contribution in [1.82, 2.24) is 15.1 Å². The van der Waals surface area contributed by atoms with Gasteiger partial charge in [-0.2, -0.15) is 0 Å². The largest absolute Gasteiger partial charge is 0.340 e. The standard InChI is InChI=1S/C29H35ClF2N4O3/c1-5-33-28(39)35-16-22(18-6-8-19(30)9-7-18)23(17-35)26(37)34-13-12-21(15-34)36(27(38)29(2,3)4)25-11-10-20(31)14-24(25)32/h6-11,14,21-23H,5,12-13,15-17H2,1-4H3,(H,33,39)/t21-,22+,23?/m0/s1. The predicted molar refractivity (Wildman–Crippen MR) is 147 cm³/mol. The van der Waals surface area contributed by atoms with Crippen LogP contribution in [-0.4, -0.2) is 66.4 Å². The van der Waals surface area contributed by atoms with Gasteiger partial charge in [0.15, 0.2) is 0 Å². The van der Waals surface area contributed by atoms with Gasteiger partial charge in [-0.15, -0.1) is 0 Å². The first-order valence-corrected chi connectivity index (χ1v) is 13.6. The highest BCUT2D eigenvalue weighted by molar-refractivity contribution is 6.30. The van der Waals surface area contributed by atoms with Crippen LogP contribution < -0.4 is 10.2 Å². The number of amides is 4. The molecule has 0 radical (unpaired) electrons. The van der Waals surface area contributed by atoms with Crippen molar-refractivity contribution in [3.63, 3.8) is 0 Å². The molecule has 0 saturated carbocycles. The van der Waals surface area contributed by atoms with Crippen molar-refractivity contribution in [3.05, 3.63) is 64.7 Å². The van der Waals surface area contributed by atoms with Crippen LogP contribution >= 0.6 is 11.6 Å². The Morgan fingerprint density at radius 2 is 1.72 bits per heavy atom. The van der Waals surface area contributed by atoms with Crippen molar-refractivity contribution in [3.8, 4) is 0 Å². The Labute approximate surface area is 233 Å². The first-order chi connectivity index (χ1) is 18.4. The minimum absolute atomic E-state index is 0.00190. The summed E-state index contributed by atoms with van der Waals surface area (Å²) in [5, 5.41) is 3.39. The molecule has 3 atom stereocenters. The predicted octanol–water partition coefficient (Wildman–Crippen LogP) is 5.04. The lowest BCUT2D eigenvalue weighted by Crippen LogP contribution is -2.48. The maximum atomic E-state index is 14.9. The van der Waals surface area contributed by atoms with Gasteiger partial charge in [-0.05, 0) is 43.2 Å². The quantitative estimate of drug-likeness (QED) is 0.557. The number of benzene rings is 2. The highest BCUT2D eigenvalue weighted by Gasteiger charge is 2.45. The van der Waals surface area contributed by atoms with Gasteiger partial charge in [0.05, 0.1) is 17.6 Å². The SMILES string of the molecule is CCNC(=O)N1CC(C(=O)N2CC[C@H](N(C(=O)C(C)(C)C)c3ccc(F)cc3F)C2)[C@@H](c2ccc(Cl)cc2)C1. The third-order valence-corrected chi connectivity index (χ3v) is 7.67. The number of nitrogens with zero attached hydrogens (tertiary/aromatic N) is 3. The Kier molecular flexibility index (Phi) is 8.49. The van der Waals surface area contributed by atoms with E-state index in [1.165, 1.54) is 11.0 Å². The molecule has 4 rings (SSSR count). The molecule has 4 amide bonds. The van der Waals surface area contributed by atoms with Gasteiger partial charge in [-0.25, -0.2) is 13.6 Å². The normalized spacial score (nSPS) is 21.3. The highest BCUT2D eigenvalue weighted by Crippen LogP contribution is 2.37. The summed E-state index contributed by atoms with van der Waals surface area (Å²) in [6, 6.07) is 9.77. The molecule has 2 aliphatic heterocycles. The molecule has 2 aromatic rings. The van der Waals surface area contributed by atoms with Crippen LogP contribution in [0.1, 0.15) is 45.6 Å². The van der Waals surface area contributed by atoms with Crippen LogP contribution in [0.4, 0.5) is 19.3 Å². The van der Waals surface area contributed by atoms with E-state index >= 15 is 0 Å². The molecule has 2 aliphatic rings. The first-order valence-electron chi connectivity index (χ1n) is 13.3. The van der Waals surface area contributed by atoms with Gasteiger partial charge in [-0.1, -0.05) is 44.5 Å². The molecule has 1 N–H and O–H groups in total. The molecule has 0 spiro atoms. The van der Waals surface area contributed by atoms with Gasteiger partial charge >= 0.3 is 6.03 Å². The smallest absolute Gasteiger partial charge is 0.317 e. The van der Waals surface area contributed by atoms with E-state index in [9.17, 15) is 23.2 Å². The number of carbonyl (C=O) groups excluding carboxylic acids is 3. The second-order valence-electron chi connectivity index (χ2n) is 11.3. The molecule has 2 saturated heterocycles. The van der Waals surface area contributed by atoms with Gasteiger partial charge < -0.3 is 20.0 Å². The molecular weight excluding hydrogens is 526 g/mol. The molecule has 2 aromatic carbocycles. The monoisotopic (exact) mass is 560 g/mol. The highest BCUT2D eigenvalue weighted by atomic mass is 35.5. The number of urea groups is 1. The second-order valence-corrected chi connectivity index (χ2v) is 11.7. The summed E-state index contributed by atoms with van der Waals surface area (Å²) in [5.41, 5.74) is 0.0902. The van der Waals surface area contributed by atoms with E-state index in [1.807, 2.05) is 19.1 Å². The lowest BCUT2D eigenvalue weighted by Gasteiger charge is -2.34. The van der Waals surface area contributed by atoms with Crippen molar-refractivity contribution in [2.45, 2.75) is 46.1 Å². The molecular formula is C29H35ClF2N4O3. The van der Waals surface area contributed by atoms with Crippen LogP contribution in [0, 0.1) is 23.0 Å². The number of halogens is 3. The number of hydrogen-bond acceptors (Lipinski definition) is 3. The lowest BCUT2D eigenvalue weighted by atomic mass is 9.88. The van der Waals surface area contributed by atoms with E-state index in [2.05, 4.69) is 5.32 Å². The van der Waals surface area contributed by atoms with Crippen molar-refractivity contribution in [2.24, 2.45) is 11.3 Å². The molecule has 1 unspecified atom stereocenters. The number of hydrogen-bond donors (Lipinski definition) is 1. The van der Waals surface area contributed by atoms with Gasteiger partial charge in [0.1, 0.15) is 11.6 Å². The van der Waals surface area contributed by atoms with Crippen LogP contribution in [0.25, 0.3) is 0 Å². The molecule has 10 heteroatoms. The summed E-state index contributed by atoms with van der Waals surface area (Å²) in [5.74, 6) is -2.69. The number of carbonyl (C=O) groups is 3. The van der Waals surface area contributed by atoms with E-state index in [1.54, 1.807) is 42.7 Å². The Bertz CT molecular complexity index is 1230. The third-order valence-electron chi connectivity index (χ3n) is 7.42. The second kappa shape index (κ2) is 11.5. The maximum absolute atomic E-state index is 14.9. The summed E-state index contributed by atoms with van der Waals surface area (Å²) in [4.78, 5) is 44.8. The fourth-order valence-electron chi connectivity index (χ4n) is 5.43. The number of rotatable bonds is 5. The van der Waals surface area contributed by atoms with Gasteiger partial charge in [-0.3, -0.25) is 9.59 Å². The van der Waals surface area contributed by atoms with Crippen molar-refractivity contribution < 1.29 is 23.2 Å². The van der Waals surface area contributed by atoms with Crippen molar-refractivity contribution >= 4 is 35.1 Å². The molecule has 7 nitrogen and oxygen atoms in total. The molecule has 210 valence electrons. The van der Waals surface area contributed by atoms with Gasteiger partial charge in [0, 0.05) is 55.1 Å². The van der Waals surface area contributed by atoms with Gasteiger partial charge in [0.2, 0.25) is 11.8 Å².